The molecule has 0 spiro atoms. The van der Waals surface area contributed by atoms with Crippen LogP contribution in [-0.4, -0.2) is 41.6 Å². The summed E-state index contributed by atoms with van der Waals surface area (Å²) in [6.45, 7) is 8.19. The van der Waals surface area contributed by atoms with Crippen LogP contribution in [0.4, 0.5) is 4.79 Å². The minimum absolute atomic E-state index is 0.0471. The molecule has 0 aliphatic heterocycles. The largest absolute Gasteiger partial charge is 0.443 e. The lowest BCUT2D eigenvalue weighted by molar-refractivity contribution is -0.108. The molecule has 1 amide bonds. The number of hydrogen-bond donors (Lipinski definition) is 0. The van der Waals surface area contributed by atoms with Gasteiger partial charge in [-0.05, 0) is 45.7 Å². The van der Waals surface area contributed by atoms with Gasteiger partial charge in [0.1, 0.15) is 11.9 Å². The Bertz CT molecular complexity index is 994. The van der Waals surface area contributed by atoms with Crippen LogP contribution in [0.1, 0.15) is 43.0 Å². The Labute approximate surface area is 184 Å². The van der Waals surface area contributed by atoms with Crippen molar-refractivity contribution in [2.24, 2.45) is 0 Å². The van der Waals surface area contributed by atoms with Crippen LogP contribution in [0.15, 0.2) is 48.5 Å². The molecule has 8 heteroatoms. The van der Waals surface area contributed by atoms with Gasteiger partial charge < -0.3 is 9.53 Å². The Morgan fingerprint density at radius 2 is 1.35 bits per heavy atom. The number of hydrogen-bond acceptors (Lipinski definition) is 5. The van der Waals surface area contributed by atoms with Gasteiger partial charge in [-0.15, -0.1) is 0 Å². The van der Waals surface area contributed by atoms with Crippen molar-refractivity contribution >= 4 is 22.6 Å². The maximum absolute atomic E-state index is 13.5. The molecule has 0 N–H and O–H groups in total. The van der Waals surface area contributed by atoms with E-state index in [1.807, 2.05) is 38.1 Å². The minimum Gasteiger partial charge on any atom is -0.443 e. The first-order valence-electron chi connectivity index (χ1n) is 9.98. The number of aldehydes is 1. The Balaban J connectivity index is 2.42. The fourth-order valence-electron chi connectivity index (χ4n) is 2.77. The zero-order chi connectivity index (χ0) is 23.2. The molecule has 2 aromatic rings. The van der Waals surface area contributed by atoms with E-state index in [4.69, 9.17) is 4.74 Å². The van der Waals surface area contributed by atoms with Crippen LogP contribution < -0.4 is 0 Å². The van der Waals surface area contributed by atoms with Crippen LogP contribution in [0, 0.1) is 13.8 Å². The van der Waals surface area contributed by atoms with Crippen LogP contribution in [0.3, 0.4) is 0 Å². The van der Waals surface area contributed by atoms with Crippen molar-refractivity contribution in [3.8, 4) is 0 Å². The first-order chi connectivity index (χ1) is 14.4. The van der Waals surface area contributed by atoms with E-state index in [9.17, 15) is 18.0 Å². The first-order valence-corrected chi connectivity index (χ1v) is 11.4. The molecule has 0 heterocycles. The summed E-state index contributed by atoms with van der Waals surface area (Å²) in [5.41, 5.74) is 2.49. The van der Waals surface area contributed by atoms with E-state index in [2.05, 4.69) is 0 Å². The van der Waals surface area contributed by atoms with Crippen LogP contribution in [0.5, 0.6) is 0 Å². The highest BCUT2D eigenvalue weighted by molar-refractivity contribution is 7.87. The van der Waals surface area contributed by atoms with Crippen molar-refractivity contribution in [1.29, 1.82) is 0 Å². The highest BCUT2D eigenvalue weighted by atomic mass is 32.2. The maximum Gasteiger partial charge on any atom is 0.425 e. The average molecular weight is 447 g/mol. The van der Waals surface area contributed by atoms with E-state index in [0.29, 0.717) is 21.7 Å². The molecule has 0 atom stereocenters. The number of amides is 1. The third kappa shape index (κ3) is 7.18. The van der Waals surface area contributed by atoms with E-state index >= 15 is 0 Å². The molecule has 0 unspecified atom stereocenters. The van der Waals surface area contributed by atoms with Crippen LogP contribution in [0.2, 0.25) is 0 Å². The topological polar surface area (TPSA) is 84.0 Å². The predicted molar refractivity (Wildman–Crippen MR) is 120 cm³/mol. The van der Waals surface area contributed by atoms with Crippen LogP contribution in [-0.2, 0) is 32.8 Å². The van der Waals surface area contributed by atoms with Crippen molar-refractivity contribution in [3.63, 3.8) is 0 Å². The molecule has 0 saturated heterocycles. The molecule has 0 radical (unpaired) electrons. The second-order valence-electron chi connectivity index (χ2n) is 8.43. The van der Waals surface area contributed by atoms with Crippen LogP contribution >= 0.6 is 0 Å². The Morgan fingerprint density at radius 3 is 1.77 bits per heavy atom. The summed E-state index contributed by atoms with van der Waals surface area (Å²) < 4.78 is 34.0. The lowest BCUT2D eigenvalue weighted by atomic mass is 10.1. The molecule has 0 aliphatic rings. The molecule has 0 aromatic heterocycles. The Morgan fingerprint density at radius 1 is 0.903 bits per heavy atom. The van der Waals surface area contributed by atoms with Crippen molar-refractivity contribution in [2.45, 2.75) is 53.3 Å². The lowest BCUT2D eigenvalue weighted by Crippen LogP contribution is -2.48. The molecule has 2 rings (SSSR count). The smallest absolute Gasteiger partial charge is 0.425 e. The minimum atomic E-state index is -4.35. The van der Waals surface area contributed by atoms with Gasteiger partial charge in [0.25, 0.3) is 0 Å². The van der Waals surface area contributed by atoms with E-state index in [-0.39, 0.29) is 19.6 Å². The standard InChI is InChI=1S/C23H30N2O5S/c1-18-6-10-20(11-7-18)16-24(14-15-26)31(28,29)25(22(27)30-23(3,4)5)17-21-12-8-19(2)9-13-21/h6-13,15H,14,16-17H2,1-5H3. The SMILES string of the molecule is Cc1ccc(CN(CC=O)S(=O)(=O)N(Cc2ccc(C)cc2)C(=O)OC(C)(C)C)cc1. The van der Waals surface area contributed by atoms with Crippen molar-refractivity contribution in [1.82, 2.24) is 8.61 Å². The Kier molecular flexibility index (Phi) is 7.97. The normalized spacial score (nSPS) is 11.9. The number of rotatable bonds is 8. The third-order valence-electron chi connectivity index (χ3n) is 4.41. The fraction of sp³-hybridized carbons (Fsp3) is 0.391. The van der Waals surface area contributed by atoms with Gasteiger partial charge in [-0.1, -0.05) is 59.7 Å². The highest BCUT2D eigenvalue weighted by Crippen LogP contribution is 2.21. The quantitative estimate of drug-likeness (QED) is 0.573. The molecule has 7 nitrogen and oxygen atoms in total. The van der Waals surface area contributed by atoms with Crippen molar-refractivity contribution in [2.75, 3.05) is 6.54 Å². The summed E-state index contributed by atoms with van der Waals surface area (Å²) in [5, 5.41) is 0. The number of carbonyl (C=O) groups is 2. The number of nitrogens with zero attached hydrogens (tertiary/aromatic N) is 2. The fourth-order valence-corrected chi connectivity index (χ4v) is 4.15. The summed E-state index contributed by atoms with van der Waals surface area (Å²) in [4.78, 5) is 24.2. The molecular formula is C23H30N2O5S. The van der Waals surface area contributed by atoms with Gasteiger partial charge in [0.2, 0.25) is 0 Å². The summed E-state index contributed by atoms with van der Waals surface area (Å²) >= 11 is 0. The first kappa shape index (κ1) is 24.6. The molecule has 2 aromatic carbocycles. The van der Waals surface area contributed by atoms with Gasteiger partial charge in [0.05, 0.1) is 13.1 Å². The van der Waals surface area contributed by atoms with Gasteiger partial charge in [0, 0.05) is 6.54 Å². The molecule has 0 bridgehead atoms. The van der Waals surface area contributed by atoms with E-state index in [1.54, 1.807) is 45.0 Å². The zero-order valence-electron chi connectivity index (χ0n) is 18.7. The summed E-state index contributed by atoms with van der Waals surface area (Å²) in [7, 11) is -4.35. The summed E-state index contributed by atoms with van der Waals surface area (Å²) in [6, 6.07) is 14.5. The molecular weight excluding hydrogens is 416 g/mol. The van der Waals surface area contributed by atoms with Gasteiger partial charge in [-0.2, -0.15) is 17.0 Å². The maximum atomic E-state index is 13.5. The number of carbonyl (C=O) groups excluding carboxylic acids is 2. The Hall–Kier alpha value is -2.71. The predicted octanol–water partition coefficient (Wildman–Crippen LogP) is 3.99. The lowest BCUT2D eigenvalue weighted by Gasteiger charge is -2.31. The summed E-state index contributed by atoms with van der Waals surface area (Å²) in [6.07, 6.45) is -0.488. The third-order valence-corrected chi connectivity index (χ3v) is 6.17. The molecule has 0 fully saturated rings. The van der Waals surface area contributed by atoms with E-state index < -0.39 is 21.9 Å². The second kappa shape index (κ2) is 10.1. The average Bonchev–Trinajstić information content (AvgIpc) is 2.67. The molecule has 168 valence electrons. The molecule has 0 aliphatic carbocycles. The second-order valence-corrected chi connectivity index (χ2v) is 10.3. The van der Waals surface area contributed by atoms with Gasteiger partial charge >= 0.3 is 16.3 Å². The van der Waals surface area contributed by atoms with Crippen LogP contribution in [0.25, 0.3) is 0 Å². The van der Waals surface area contributed by atoms with E-state index in [1.165, 1.54) is 0 Å². The molecule has 31 heavy (non-hydrogen) atoms. The summed E-state index contributed by atoms with van der Waals surface area (Å²) in [5.74, 6) is 0. The number of aryl methyl sites for hydroxylation is 2. The number of benzene rings is 2. The van der Waals surface area contributed by atoms with Crippen molar-refractivity contribution in [3.05, 3.63) is 70.8 Å². The monoisotopic (exact) mass is 446 g/mol. The van der Waals surface area contributed by atoms with Crippen molar-refractivity contribution < 1.29 is 22.7 Å². The van der Waals surface area contributed by atoms with Gasteiger partial charge in [0.15, 0.2) is 0 Å². The highest BCUT2D eigenvalue weighted by Gasteiger charge is 2.36. The van der Waals surface area contributed by atoms with E-state index in [0.717, 1.165) is 15.4 Å². The number of ether oxygens (including phenoxy) is 1. The zero-order valence-corrected chi connectivity index (χ0v) is 19.5. The van der Waals surface area contributed by atoms with Gasteiger partial charge in [-0.25, -0.2) is 4.79 Å². The molecule has 0 saturated carbocycles. The van der Waals surface area contributed by atoms with Gasteiger partial charge in [-0.3, -0.25) is 0 Å².